The smallest absolute Gasteiger partial charge is 0.173 e. The molecule has 0 amide bonds. The van der Waals surface area contributed by atoms with E-state index in [0.29, 0.717) is 0 Å². The predicted molar refractivity (Wildman–Crippen MR) is 266 cm³/mol. The molecule has 0 N–H and O–H groups in total. The maximum Gasteiger partial charge on any atom is 0.173 e. The van der Waals surface area contributed by atoms with Crippen molar-refractivity contribution in [3.8, 4) is 33.8 Å². The largest absolute Gasteiger partial charge is 0.454 e. The van der Waals surface area contributed by atoms with Crippen LogP contribution in [0.2, 0.25) is 0 Å². The highest BCUT2D eigenvalue weighted by Gasteiger charge is 2.55. The summed E-state index contributed by atoms with van der Waals surface area (Å²) < 4.78 is 14.3. The van der Waals surface area contributed by atoms with Crippen LogP contribution in [0.3, 0.4) is 0 Å². The highest BCUT2D eigenvalue weighted by molar-refractivity contribution is 5.98. The van der Waals surface area contributed by atoms with Crippen LogP contribution in [-0.4, -0.2) is 0 Å². The second kappa shape index (κ2) is 16.1. The molecule has 0 saturated carbocycles. The van der Waals surface area contributed by atoms with E-state index in [2.05, 4.69) is 221 Å². The van der Waals surface area contributed by atoms with E-state index < -0.39 is 0 Å². The lowest BCUT2D eigenvalue weighted by Crippen LogP contribution is -2.30. The number of benzene rings is 7. The molecule has 1 atom stereocenters. The molecule has 3 nitrogen and oxygen atoms in total. The monoisotopic (exact) mass is 829 g/mol. The van der Waals surface area contributed by atoms with Gasteiger partial charge in [-0.1, -0.05) is 159 Å². The van der Waals surface area contributed by atoms with E-state index in [1.807, 2.05) is 0 Å². The Morgan fingerprint density at radius 2 is 1.28 bits per heavy atom. The molecule has 7 aromatic carbocycles. The number of rotatable bonds is 9. The van der Waals surface area contributed by atoms with Crippen molar-refractivity contribution < 1.29 is 9.47 Å². The maximum atomic E-state index is 7.17. The highest BCUT2D eigenvalue weighted by Crippen LogP contribution is 2.65. The first-order valence-electron chi connectivity index (χ1n) is 22.8. The van der Waals surface area contributed by atoms with Crippen LogP contribution in [0.15, 0.2) is 211 Å². The molecular weight excluding hydrogens is 779 g/mol. The van der Waals surface area contributed by atoms with Gasteiger partial charge >= 0.3 is 0 Å². The molecule has 3 aliphatic carbocycles. The quantitative estimate of drug-likeness (QED) is 0.135. The Balaban J connectivity index is 1.07. The molecule has 3 heteroatoms. The van der Waals surface area contributed by atoms with Crippen molar-refractivity contribution in [2.24, 2.45) is 0 Å². The number of ether oxygens (including phenoxy) is 2. The van der Waals surface area contributed by atoms with Gasteiger partial charge < -0.3 is 14.4 Å². The molecule has 0 radical (unpaired) electrons. The summed E-state index contributed by atoms with van der Waals surface area (Å²) in [5.74, 6) is 3.20. The zero-order chi connectivity index (χ0) is 43.4. The van der Waals surface area contributed by atoms with Crippen LogP contribution in [0.1, 0.15) is 81.2 Å². The Bertz CT molecular complexity index is 3140. The fourth-order valence-electron chi connectivity index (χ4n) is 11.1. The van der Waals surface area contributed by atoms with Gasteiger partial charge in [-0.05, 0) is 137 Å². The molecule has 0 aromatic heterocycles. The van der Waals surface area contributed by atoms with E-state index in [9.17, 15) is 0 Å². The van der Waals surface area contributed by atoms with Gasteiger partial charge in [-0.15, -0.1) is 0 Å². The third-order valence-electron chi connectivity index (χ3n) is 13.7. The standard InChI is InChI=1S/C61H51NO2/c1-5-20-41(7-3)44-36-45(42-22-10-8-11-23-42)38-47(37-44)62(55-31-19-16-27-49(55)43-24-12-9-13-25-43)46-32-34-56-58(39-46)63-57-35-33-54-59(60(57)64-56)50-28-15-18-30-53(50)61(54)51(21-6-2)40(4)48-26-14-17-29-52(48)61/h5,7-20,22-32,34,36-39H,6,21,33,35H2,1-4H3/b20-5-,41-7+. The molecule has 1 unspecified atom stereocenters. The number of hydrogen-bond acceptors (Lipinski definition) is 3. The minimum atomic E-state index is -0.297. The van der Waals surface area contributed by atoms with Crippen LogP contribution < -0.4 is 14.4 Å². The van der Waals surface area contributed by atoms with Crippen molar-refractivity contribution in [3.05, 3.63) is 239 Å². The molecular formula is C61H51NO2. The second-order valence-electron chi connectivity index (χ2n) is 17.2. The van der Waals surface area contributed by atoms with Gasteiger partial charge in [0.2, 0.25) is 0 Å². The lowest BCUT2D eigenvalue weighted by molar-refractivity contribution is 0.291. The summed E-state index contributed by atoms with van der Waals surface area (Å²) >= 11 is 0. The molecule has 4 aliphatic rings. The van der Waals surface area contributed by atoms with Crippen molar-refractivity contribution in [2.75, 3.05) is 4.90 Å². The molecule has 0 bridgehead atoms. The van der Waals surface area contributed by atoms with Crippen LogP contribution in [0, 0.1) is 0 Å². The average molecular weight is 830 g/mol. The normalized spacial score (nSPS) is 17.2. The van der Waals surface area contributed by atoms with Crippen LogP contribution in [0.25, 0.3) is 39.0 Å². The first kappa shape index (κ1) is 39.5. The van der Waals surface area contributed by atoms with E-state index >= 15 is 0 Å². The van der Waals surface area contributed by atoms with Gasteiger partial charge in [-0.25, -0.2) is 0 Å². The number of hydrogen-bond donors (Lipinski definition) is 0. The van der Waals surface area contributed by atoms with Crippen LogP contribution in [0.5, 0.6) is 11.5 Å². The molecule has 1 aliphatic heterocycles. The predicted octanol–water partition coefficient (Wildman–Crippen LogP) is 16.6. The average Bonchev–Trinajstić information content (AvgIpc) is 3.79. The Kier molecular flexibility index (Phi) is 9.92. The summed E-state index contributed by atoms with van der Waals surface area (Å²) in [7, 11) is 0. The van der Waals surface area contributed by atoms with Gasteiger partial charge in [0.15, 0.2) is 17.3 Å². The van der Waals surface area contributed by atoms with Gasteiger partial charge in [0.1, 0.15) is 5.76 Å². The van der Waals surface area contributed by atoms with Gasteiger partial charge in [-0.2, -0.15) is 0 Å². The molecule has 7 aromatic rings. The first-order valence-corrected chi connectivity index (χ1v) is 22.8. The molecule has 1 heterocycles. The summed E-state index contributed by atoms with van der Waals surface area (Å²) in [4.78, 5) is 2.38. The molecule has 64 heavy (non-hydrogen) atoms. The highest BCUT2D eigenvalue weighted by atomic mass is 16.6. The maximum absolute atomic E-state index is 7.17. The van der Waals surface area contributed by atoms with E-state index in [1.54, 1.807) is 0 Å². The van der Waals surface area contributed by atoms with Crippen molar-refractivity contribution in [3.63, 3.8) is 0 Å². The zero-order valence-corrected chi connectivity index (χ0v) is 37.0. The minimum Gasteiger partial charge on any atom is -0.454 e. The van der Waals surface area contributed by atoms with Gasteiger partial charge in [0.25, 0.3) is 0 Å². The Morgan fingerprint density at radius 1 is 0.609 bits per heavy atom. The van der Waals surface area contributed by atoms with Crippen molar-refractivity contribution in [1.29, 1.82) is 0 Å². The Labute approximate surface area is 377 Å². The van der Waals surface area contributed by atoms with Gasteiger partial charge in [-0.3, -0.25) is 0 Å². The lowest BCUT2D eigenvalue weighted by atomic mass is 9.66. The van der Waals surface area contributed by atoms with Crippen molar-refractivity contribution in [1.82, 2.24) is 0 Å². The fourth-order valence-corrected chi connectivity index (χ4v) is 11.1. The fraction of sp³-hybridized carbons (Fsp3) is 0.148. The van der Waals surface area contributed by atoms with Crippen LogP contribution in [-0.2, 0) is 5.41 Å². The molecule has 0 fully saturated rings. The number of anilines is 3. The second-order valence-corrected chi connectivity index (χ2v) is 17.2. The van der Waals surface area contributed by atoms with E-state index in [0.717, 1.165) is 99.2 Å². The number of allylic oxidation sites excluding steroid dienone is 9. The summed E-state index contributed by atoms with van der Waals surface area (Å²) in [5.41, 5.74) is 20.7. The van der Waals surface area contributed by atoms with Crippen LogP contribution in [0.4, 0.5) is 17.1 Å². The zero-order valence-electron chi connectivity index (χ0n) is 37.0. The third-order valence-corrected chi connectivity index (χ3v) is 13.7. The van der Waals surface area contributed by atoms with Gasteiger partial charge in [0, 0.05) is 29.3 Å². The molecule has 312 valence electrons. The minimum absolute atomic E-state index is 0.297. The summed E-state index contributed by atoms with van der Waals surface area (Å²) in [5, 5.41) is 0. The number of para-hydroxylation sites is 1. The third kappa shape index (κ3) is 6.17. The SMILES string of the molecule is C/C=C\C(=C/C)c1cc(-c2ccccc2)cc(N(c2ccc3c(c2)OC2=C(O3)C3=C(CC2)C2(C(CCC)=C(C)c4ccccc42)c2ccccc23)c2ccccc2-c2ccccc2)c1. The summed E-state index contributed by atoms with van der Waals surface area (Å²) in [6, 6.07) is 61.6. The number of fused-ring (bicyclic) bond motifs is 8. The van der Waals surface area contributed by atoms with E-state index in [1.165, 1.54) is 44.5 Å². The topological polar surface area (TPSA) is 21.7 Å². The molecule has 0 saturated heterocycles. The Morgan fingerprint density at radius 3 is 2.02 bits per heavy atom. The summed E-state index contributed by atoms with van der Waals surface area (Å²) in [6.45, 7) is 8.83. The van der Waals surface area contributed by atoms with Crippen molar-refractivity contribution >= 4 is 33.8 Å². The van der Waals surface area contributed by atoms with E-state index in [-0.39, 0.29) is 5.41 Å². The van der Waals surface area contributed by atoms with Gasteiger partial charge in [0.05, 0.1) is 16.8 Å². The van der Waals surface area contributed by atoms with Crippen molar-refractivity contribution in [2.45, 2.75) is 58.8 Å². The van der Waals surface area contributed by atoms with Crippen LogP contribution >= 0.6 is 0 Å². The number of nitrogens with zero attached hydrogens (tertiary/aromatic N) is 1. The first-order chi connectivity index (χ1) is 31.5. The summed E-state index contributed by atoms with van der Waals surface area (Å²) in [6.07, 6.45) is 10.3. The van der Waals surface area contributed by atoms with E-state index in [4.69, 9.17) is 9.47 Å². The lowest BCUT2D eigenvalue weighted by Gasteiger charge is -2.37. The molecule has 1 spiro atoms. The molecule has 11 rings (SSSR count). The Hall–Kier alpha value is -7.36.